The lowest BCUT2D eigenvalue weighted by molar-refractivity contribution is -0.138. The van der Waals surface area contributed by atoms with Gasteiger partial charge in [-0.15, -0.1) is 0 Å². The van der Waals surface area contributed by atoms with Gasteiger partial charge in [0.2, 0.25) is 5.91 Å². The van der Waals surface area contributed by atoms with Gasteiger partial charge in [-0.25, -0.2) is 4.79 Å². The first-order valence-electron chi connectivity index (χ1n) is 10.7. The number of carbonyl (C=O) groups is 3. The second-order valence-corrected chi connectivity index (χ2v) is 8.19. The van der Waals surface area contributed by atoms with Crippen LogP contribution in [0.3, 0.4) is 0 Å². The highest BCUT2D eigenvalue weighted by molar-refractivity contribution is 5.95. The third-order valence-corrected chi connectivity index (χ3v) is 6.38. The summed E-state index contributed by atoms with van der Waals surface area (Å²) < 4.78 is 10.3. The number of nitrogens with zero attached hydrogens (tertiary/aromatic N) is 3. The molecule has 3 amide bonds. The van der Waals surface area contributed by atoms with Crippen molar-refractivity contribution < 1.29 is 23.9 Å². The quantitative estimate of drug-likeness (QED) is 0.752. The molecule has 3 aliphatic heterocycles. The van der Waals surface area contributed by atoms with Gasteiger partial charge in [-0.2, -0.15) is 0 Å². The molecule has 0 radical (unpaired) electrons. The van der Waals surface area contributed by atoms with E-state index < -0.39 is 0 Å². The number of likely N-dealkylation sites (tertiary alicyclic amines) is 2. The Kier molecular flexibility index (Phi) is 6.11. The number of rotatable bonds is 4. The molecule has 8 nitrogen and oxygen atoms in total. The van der Waals surface area contributed by atoms with Crippen LogP contribution in [0.1, 0.15) is 36.0 Å². The fourth-order valence-electron chi connectivity index (χ4n) is 4.70. The lowest BCUT2D eigenvalue weighted by atomic mass is 9.94. The molecule has 0 saturated carbocycles. The van der Waals surface area contributed by atoms with Crippen LogP contribution in [0.15, 0.2) is 24.3 Å². The van der Waals surface area contributed by atoms with Crippen LogP contribution in [0.2, 0.25) is 0 Å². The first kappa shape index (κ1) is 20.5. The van der Waals surface area contributed by atoms with E-state index in [0.29, 0.717) is 50.6 Å². The van der Waals surface area contributed by atoms with Crippen molar-refractivity contribution >= 4 is 17.9 Å². The highest BCUT2D eigenvalue weighted by atomic mass is 16.6. The standard InChI is InChI=1S/C22H29N3O5/c1-29-19-6-2-4-16(14-19)20(26)24-9-3-5-17(15-24)21(27)23-10-7-18(8-11-23)25-12-13-30-22(25)28/h2,4,6,14,17-18H,3,5,7-13,15H2,1H3. The van der Waals surface area contributed by atoms with Gasteiger partial charge in [-0.1, -0.05) is 6.07 Å². The number of benzene rings is 1. The van der Waals surface area contributed by atoms with Crippen molar-refractivity contribution in [2.24, 2.45) is 5.92 Å². The molecular weight excluding hydrogens is 386 g/mol. The van der Waals surface area contributed by atoms with Gasteiger partial charge in [0.05, 0.1) is 19.6 Å². The van der Waals surface area contributed by atoms with E-state index in [0.717, 1.165) is 25.7 Å². The average Bonchev–Trinajstić information content (AvgIpc) is 3.24. The van der Waals surface area contributed by atoms with Gasteiger partial charge in [0, 0.05) is 37.8 Å². The number of hydrogen-bond acceptors (Lipinski definition) is 5. The van der Waals surface area contributed by atoms with Gasteiger partial charge < -0.3 is 24.2 Å². The van der Waals surface area contributed by atoms with Crippen LogP contribution >= 0.6 is 0 Å². The first-order valence-corrected chi connectivity index (χ1v) is 10.7. The summed E-state index contributed by atoms with van der Waals surface area (Å²) in [7, 11) is 1.58. The van der Waals surface area contributed by atoms with E-state index in [1.54, 1.807) is 35.1 Å². The normalized spacial score (nSPS) is 22.8. The molecule has 4 rings (SSSR count). The Morgan fingerprint density at radius 3 is 2.57 bits per heavy atom. The number of ether oxygens (including phenoxy) is 2. The molecule has 3 fully saturated rings. The van der Waals surface area contributed by atoms with E-state index in [1.165, 1.54) is 0 Å². The largest absolute Gasteiger partial charge is 0.497 e. The van der Waals surface area contributed by atoms with E-state index in [9.17, 15) is 14.4 Å². The first-order chi connectivity index (χ1) is 14.6. The van der Waals surface area contributed by atoms with Crippen LogP contribution in [0.4, 0.5) is 4.79 Å². The highest BCUT2D eigenvalue weighted by Gasteiger charge is 2.36. The molecule has 30 heavy (non-hydrogen) atoms. The summed E-state index contributed by atoms with van der Waals surface area (Å²) in [5.74, 6) is 0.551. The molecule has 3 heterocycles. The minimum Gasteiger partial charge on any atom is -0.497 e. The van der Waals surface area contributed by atoms with Gasteiger partial charge in [-0.3, -0.25) is 9.59 Å². The fourth-order valence-corrected chi connectivity index (χ4v) is 4.70. The van der Waals surface area contributed by atoms with Crippen LogP contribution in [0.25, 0.3) is 0 Å². The Balaban J connectivity index is 1.33. The zero-order valence-electron chi connectivity index (χ0n) is 17.4. The summed E-state index contributed by atoms with van der Waals surface area (Å²) in [5.41, 5.74) is 0.584. The summed E-state index contributed by atoms with van der Waals surface area (Å²) in [6.45, 7) is 3.51. The van der Waals surface area contributed by atoms with Crippen molar-refractivity contribution in [3.63, 3.8) is 0 Å². The van der Waals surface area contributed by atoms with Crippen molar-refractivity contribution in [3.05, 3.63) is 29.8 Å². The molecule has 162 valence electrons. The molecule has 1 unspecified atom stereocenters. The van der Waals surface area contributed by atoms with Crippen LogP contribution in [-0.4, -0.2) is 85.1 Å². The van der Waals surface area contributed by atoms with Gasteiger partial charge in [-0.05, 0) is 43.9 Å². The molecule has 3 aliphatic rings. The maximum atomic E-state index is 13.1. The summed E-state index contributed by atoms with van der Waals surface area (Å²) in [6, 6.07) is 7.29. The van der Waals surface area contributed by atoms with Gasteiger partial charge >= 0.3 is 6.09 Å². The molecule has 0 N–H and O–H groups in total. The molecule has 1 aromatic rings. The molecule has 3 saturated heterocycles. The third-order valence-electron chi connectivity index (χ3n) is 6.38. The van der Waals surface area contributed by atoms with Crippen LogP contribution in [-0.2, 0) is 9.53 Å². The molecule has 1 aromatic carbocycles. The van der Waals surface area contributed by atoms with Crippen molar-refractivity contribution in [2.75, 3.05) is 46.4 Å². The predicted molar refractivity (Wildman–Crippen MR) is 109 cm³/mol. The zero-order chi connectivity index (χ0) is 21.1. The number of methoxy groups -OCH3 is 1. The highest BCUT2D eigenvalue weighted by Crippen LogP contribution is 2.25. The van der Waals surface area contributed by atoms with Crippen molar-refractivity contribution in [1.29, 1.82) is 0 Å². The van der Waals surface area contributed by atoms with Crippen molar-refractivity contribution in [3.8, 4) is 5.75 Å². The minimum absolute atomic E-state index is 0.0577. The van der Waals surface area contributed by atoms with Gasteiger partial charge in [0.25, 0.3) is 5.91 Å². The molecule has 0 spiro atoms. The topological polar surface area (TPSA) is 79.4 Å². The fraction of sp³-hybridized carbons (Fsp3) is 0.591. The van der Waals surface area contributed by atoms with Crippen LogP contribution in [0.5, 0.6) is 5.75 Å². The van der Waals surface area contributed by atoms with E-state index in [-0.39, 0.29) is 29.9 Å². The van der Waals surface area contributed by atoms with E-state index in [1.807, 2.05) is 11.0 Å². The second-order valence-electron chi connectivity index (χ2n) is 8.19. The Morgan fingerprint density at radius 1 is 1.07 bits per heavy atom. The summed E-state index contributed by atoms with van der Waals surface area (Å²) >= 11 is 0. The van der Waals surface area contributed by atoms with Crippen molar-refractivity contribution in [2.45, 2.75) is 31.7 Å². The maximum absolute atomic E-state index is 13.1. The number of hydrogen-bond donors (Lipinski definition) is 0. The smallest absolute Gasteiger partial charge is 0.410 e. The molecule has 1 atom stereocenters. The zero-order valence-corrected chi connectivity index (χ0v) is 17.4. The van der Waals surface area contributed by atoms with E-state index in [2.05, 4.69) is 0 Å². The minimum atomic E-state index is -0.237. The van der Waals surface area contributed by atoms with E-state index >= 15 is 0 Å². The average molecular weight is 415 g/mol. The maximum Gasteiger partial charge on any atom is 0.410 e. The Bertz CT molecular complexity index is 806. The van der Waals surface area contributed by atoms with Crippen LogP contribution < -0.4 is 4.74 Å². The SMILES string of the molecule is COc1cccc(C(=O)N2CCCC(C(=O)N3CCC(N4CCOC4=O)CC3)C2)c1. The third kappa shape index (κ3) is 4.22. The van der Waals surface area contributed by atoms with E-state index in [4.69, 9.17) is 9.47 Å². The molecule has 0 aromatic heterocycles. The molecule has 8 heteroatoms. The number of piperidine rings is 2. The molecule has 0 aliphatic carbocycles. The monoisotopic (exact) mass is 415 g/mol. The Hall–Kier alpha value is -2.77. The second kappa shape index (κ2) is 8.93. The Labute approximate surface area is 176 Å². The lowest BCUT2D eigenvalue weighted by Gasteiger charge is -2.39. The number of cyclic esters (lactones) is 1. The lowest BCUT2D eigenvalue weighted by Crippen LogP contribution is -2.51. The summed E-state index contributed by atoms with van der Waals surface area (Å²) in [5, 5.41) is 0. The number of carbonyl (C=O) groups excluding carboxylic acids is 3. The van der Waals surface area contributed by atoms with Crippen LogP contribution in [0, 0.1) is 5.92 Å². The number of amides is 3. The van der Waals surface area contributed by atoms with Gasteiger partial charge in [0.1, 0.15) is 12.4 Å². The van der Waals surface area contributed by atoms with Crippen molar-refractivity contribution in [1.82, 2.24) is 14.7 Å². The predicted octanol–water partition coefficient (Wildman–Crippen LogP) is 1.99. The summed E-state index contributed by atoms with van der Waals surface area (Å²) in [6.07, 6.45) is 2.94. The summed E-state index contributed by atoms with van der Waals surface area (Å²) in [4.78, 5) is 43.3. The molecular formula is C22H29N3O5. The molecule has 0 bridgehead atoms. The van der Waals surface area contributed by atoms with Gasteiger partial charge in [0.15, 0.2) is 0 Å². The Morgan fingerprint density at radius 2 is 1.87 bits per heavy atom.